The highest BCUT2D eigenvalue weighted by Gasteiger charge is 1.98. The molecule has 13 heavy (non-hydrogen) atoms. The summed E-state index contributed by atoms with van der Waals surface area (Å²) >= 11 is 0. The largest absolute Gasteiger partial charge is 0.468 e. The van der Waals surface area contributed by atoms with Crippen molar-refractivity contribution < 1.29 is 4.42 Å². The summed E-state index contributed by atoms with van der Waals surface area (Å²) in [7, 11) is 0. The zero-order chi connectivity index (χ0) is 8.81. The first-order chi connectivity index (χ1) is 5.83. The summed E-state index contributed by atoms with van der Waals surface area (Å²) in [4.78, 5) is 0. The standard InChI is InChI=1S/C10H17NO.ClH/c1-3-9(2)7-11-8-10-5-4-6-12-10;/h4-6,9,11H,3,7-8H2,1-2H3;1H. The van der Waals surface area contributed by atoms with Gasteiger partial charge in [0.05, 0.1) is 12.8 Å². The Morgan fingerprint density at radius 1 is 1.54 bits per heavy atom. The second-order valence-corrected chi connectivity index (χ2v) is 3.22. The fourth-order valence-corrected chi connectivity index (χ4v) is 0.999. The van der Waals surface area contributed by atoms with Gasteiger partial charge < -0.3 is 9.73 Å². The first kappa shape index (κ1) is 12.5. The highest BCUT2D eigenvalue weighted by atomic mass is 35.5. The van der Waals surface area contributed by atoms with E-state index in [4.69, 9.17) is 4.42 Å². The molecule has 1 aromatic rings. The van der Waals surface area contributed by atoms with Crippen LogP contribution in [0.15, 0.2) is 22.8 Å². The Morgan fingerprint density at radius 3 is 2.85 bits per heavy atom. The molecule has 0 aromatic carbocycles. The van der Waals surface area contributed by atoms with Crippen LogP contribution in [0.25, 0.3) is 0 Å². The second kappa shape index (κ2) is 6.98. The molecule has 0 bridgehead atoms. The van der Waals surface area contributed by atoms with Crippen molar-refractivity contribution in [3.05, 3.63) is 24.2 Å². The lowest BCUT2D eigenvalue weighted by atomic mass is 10.1. The van der Waals surface area contributed by atoms with Crippen LogP contribution in [0.5, 0.6) is 0 Å². The molecule has 0 aliphatic heterocycles. The maximum Gasteiger partial charge on any atom is 0.117 e. The molecule has 0 amide bonds. The molecule has 3 heteroatoms. The van der Waals surface area contributed by atoms with Crippen LogP contribution in [-0.2, 0) is 6.54 Å². The number of rotatable bonds is 5. The van der Waals surface area contributed by atoms with Gasteiger partial charge in [0.1, 0.15) is 5.76 Å². The van der Waals surface area contributed by atoms with Crippen LogP contribution in [0.4, 0.5) is 0 Å². The highest BCUT2D eigenvalue weighted by Crippen LogP contribution is 2.01. The van der Waals surface area contributed by atoms with E-state index >= 15 is 0 Å². The minimum absolute atomic E-state index is 0. The summed E-state index contributed by atoms with van der Waals surface area (Å²) in [6.45, 7) is 6.36. The average molecular weight is 204 g/mol. The smallest absolute Gasteiger partial charge is 0.117 e. The van der Waals surface area contributed by atoms with Crippen LogP contribution in [0.2, 0.25) is 0 Å². The van der Waals surface area contributed by atoms with Gasteiger partial charge in [0.15, 0.2) is 0 Å². The van der Waals surface area contributed by atoms with Crippen molar-refractivity contribution in [2.45, 2.75) is 26.8 Å². The SMILES string of the molecule is CCC(C)CNCc1ccco1.Cl. The van der Waals surface area contributed by atoms with E-state index in [0.29, 0.717) is 0 Å². The van der Waals surface area contributed by atoms with Crippen LogP contribution in [0.1, 0.15) is 26.0 Å². The number of halogens is 1. The monoisotopic (exact) mass is 203 g/mol. The Kier molecular flexibility index (Phi) is 6.73. The predicted molar refractivity (Wildman–Crippen MR) is 57.1 cm³/mol. The summed E-state index contributed by atoms with van der Waals surface area (Å²) in [6.07, 6.45) is 2.94. The molecule has 0 saturated heterocycles. The van der Waals surface area contributed by atoms with Crippen LogP contribution in [-0.4, -0.2) is 6.54 Å². The molecule has 0 fully saturated rings. The van der Waals surface area contributed by atoms with Crippen molar-refractivity contribution in [1.82, 2.24) is 5.32 Å². The molecule has 0 saturated carbocycles. The molecule has 1 aromatic heterocycles. The molecule has 0 aliphatic rings. The van der Waals surface area contributed by atoms with E-state index < -0.39 is 0 Å². The van der Waals surface area contributed by atoms with Gasteiger partial charge in [-0.1, -0.05) is 20.3 Å². The molecule has 0 radical (unpaired) electrons. The Bertz CT molecular complexity index is 199. The normalized spacial score (nSPS) is 12.2. The van der Waals surface area contributed by atoms with Gasteiger partial charge in [-0.3, -0.25) is 0 Å². The van der Waals surface area contributed by atoms with Crippen molar-refractivity contribution in [2.75, 3.05) is 6.54 Å². The Hall–Kier alpha value is -0.470. The summed E-state index contributed by atoms with van der Waals surface area (Å²) in [5.41, 5.74) is 0. The maximum absolute atomic E-state index is 5.19. The van der Waals surface area contributed by atoms with E-state index in [1.807, 2.05) is 12.1 Å². The lowest BCUT2D eigenvalue weighted by Crippen LogP contribution is -2.19. The third kappa shape index (κ3) is 4.96. The van der Waals surface area contributed by atoms with Crippen molar-refractivity contribution in [3.63, 3.8) is 0 Å². The number of hydrogen-bond donors (Lipinski definition) is 1. The van der Waals surface area contributed by atoms with Crippen LogP contribution in [0.3, 0.4) is 0 Å². The average Bonchev–Trinajstić information content (AvgIpc) is 2.57. The fraction of sp³-hybridized carbons (Fsp3) is 0.600. The molecule has 0 aliphatic carbocycles. The molecular formula is C10H18ClNO. The lowest BCUT2D eigenvalue weighted by Gasteiger charge is -2.08. The summed E-state index contributed by atoms with van der Waals surface area (Å²) in [5.74, 6) is 1.76. The van der Waals surface area contributed by atoms with Gasteiger partial charge in [-0.15, -0.1) is 12.4 Å². The minimum Gasteiger partial charge on any atom is -0.468 e. The molecule has 0 spiro atoms. The molecule has 76 valence electrons. The number of hydrogen-bond acceptors (Lipinski definition) is 2. The molecule has 2 nitrogen and oxygen atoms in total. The van der Waals surface area contributed by atoms with E-state index in [0.717, 1.165) is 24.8 Å². The zero-order valence-electron chi connectivity index (χ0n) is 8.25. The third-order valence-electron chi connectivity index (χ3n) is 2.07. The van der Waals surface area contributed by atoms with Gasteiger partial charge >= 0.3 is 0 Å². The van der Waals surface area contributed by atoms with Crippen molar-refractivity contribution >= 4 is 12.4 Å². The molecule has 1 unspecified atom stereocenters. The van der Waals surface area contributed by atoms with Gasteiger partial charge in [-0.25, -0.2) is 0 Å². The topological polar surface area (TPSA) is 25.2 Å². The minimum atomic E-state index is 0. The molecule has 1 N–H and O–H groups in total. The van der Waals surface area contributed by atoms with Gasteiger partial charge in [0, 0.05) is 0 Å². The van der Waals surface area contributed by atoms with Gasteiger partial charge in [-0.2, -0.15) is 0 Å². The Balaban J connectivity index is 0.00000144. The third-order valence-corrected chi connectivity index (χ3v) is 2.07. The van der Waals surface area contributed by atoms with E-state index in [1.165, 1.54) is 6.42 Å². The van der Waals surface area contributed by atoms with Crippen molar-refractivity contribution in [2.24, 2.45) is 5.92 Å². The first-order valence-corrected chi connectivity index (χ1v) is 4.56. The fourth-order valence-electron chi connectivity index (χ4n) is 0.999. The van der Waals surface area contributed by atoms with Crippen molar-refractivity contribution in [1.29, 1.82) is 0 Å². The summed E-state index contributed by atoms with van der Waals surface area (Å²) < 4.78 is 5.19. The van der Waals surface area contributed by atoms with E-state index in [9.17, 15) is 0 Å². The first-order valence-electron chi connectivity index (χ1n) is 4.56. The van der Waals surface area contributed by atoms with Crippen molar-refractivity contribution in [3.8, 4) is 0 Å². The second-order valence-electron chi connectivity index (χ2n) is 3.22. The lowest BCUT2D eigenvalue weighted by molar-refractivity contribution is 0.448. The zero-order valence-corrected chi connectivity index (χ0v) is 9.06. The Labute approximate surface area is 86.1 Å². The van der Waals surface area contributed by atoms with Crippen LogP contribution < -0.4 is 5.32 Å². The van der Waals surface area contributed by atoms with E-state index in [-0.39, 0.29) is 12.4 Å². The molecular weight excluding hydrogens is 186 g/mol. The van der Waals surface area contributed by atoms with Gasteiger partial charge in [-0.05, 0) is 24.6 Å². The maximum atomic E-state index is 5.19. The number of furan rings is 1. The van der Waals surface area contributed by atoms with E-state index in [1.54, 1.807) is 6.26 Å². The van der Waals surface area contributed by atoms with E-state index in [2.05, 4.69) is 19.2 Å². The molecule has 1 atom stereocenters. The van der Waals surface area contributed by atoms with Crippen LogP contribution >= 0.6 is 12.4 Å². The van der Waals surface area contributed by atoms with Gasteiger partial charge in [0.25, 0.3) is 0 Å². The predicted octanol–water partition coefficient (Wildman–Crippen LogP) is 2.84. The highest BCUT2D eigenvalue weighted by molar-refractivity contribution is 5.85. The summed E-state index contributed by atoms with van der Waals surface area (Å²) in [5, 5.41) is 3.34. The molecule has 1 rings (SSSR count). The Morgan fingerprint density at radius 2 is 2.31 bits per heavy atom. The van der Waals surface area contributed by atoms with Gasteiger partial charge in [0.2, 0.25) is 0 Å². The molecule has 1 heterocycles. The summed E-state index contributed by atoms with van der Waals surface area (Å²) in [6, 6.07) is 3.91. The van der Waals surface area contributed by atoms with Crippen LogP contribution in [0, 0.1) is 5.92 Å². The number of nitrogens with one attached hydrogen (secondary N) is 1. The quantitative estimate of drug-likeness (QED) is 0.796.